The molecule has 0 bridgehead atoms. The first-order chi connectivity index (χ1) is 9.90. The first-order valence-corrected chi connectivity index (χ1v) is 8.06. The van der Waals surface area contributed by atoms with Crippen LogP contribution in [0.25, 0.3) is 0 Å². The Morgan fingerprint density at radius 1 is 1.48 bits per heavy atom. The van der Waals surface area contributed by atoms with E-state index in [0.29, 0.717) is 6.42 Å². The monoisotopic (exact) mass is 310 g/mol. The number of hydrogen-bond donors (Lipinski definition) is 0. The molecule has 1 aromatic carbocycles. The summed E-state index contributed by atoms with van der Waals surface area (Å²) in [4.78, 5) is 11.5. The van der Waals surface area contributed by atoms with Crippen LogP contribution in [-0.4, -0.2) is 31.6 Å². The van der Waals surface area contributed by atoms with Crippen molar-refractivity contribution in [2.45, 2.75) is 24.7 Å². The Kier molecular flexibility index (Phi) is 4.40. The Balaban J connectivity index is 2.34. The number of piperidine rings is 1. The van der Waals surface area contributed by atoms with Gasteiger partial charge in [-0.2, -0.15) is 9.57 Å². The molecule has 21 heavy (non-hydrogen) atoms. The SMILES string of the molecule is CCC1CN(S(=O)(=O)c2ccc(F)c(C#N)c2)CCC1=O. The normalized spacial score (nSPS) is 20.2. The largest absolute Gasteiger partial charge is 0.299 e. The van der Waals surface area contributed by atoms with E-state index in [1.54, 1.807) is 6.07 Å². The Labute approximate surface area is 123 Å². The predicted molar refractivity (Wildman–Crippen MR) is 73.3 cm³/mol. The molecule has 0 aromatic heterocycles. The minimum Gasteiger partial charge on any atom is -0.299 e. The summed E-state index contributed by atoms with van der Waals surface area (Å²) in [6.45, 7) is 2.10. The molecule has 1 aliphatic rings. The fourth-order valence-corrected chi connectivity index (χ4v) is 3.87. The van der Waals surface area contributed by atoms with E-state index in [-0.39, 0.29) is 41.7 Å². The number of carbonyl (C=O) groups is 1. The number of halogens is 1. The Morgan fingerprint density at radius 2 is 2.19 bits per heavy atom. The molecule has 1 aromatic rings. The molecule has 1 heterocycles. The van der Waals surface area contributed by atoms with Gasteiger partial charge in [-0.25, -0.2) is 12.8 Å². The van der Waals surface area contributed by atoms with E-state index in [0.717, 1.165) is 18.2 Å². The van der Waals surface area contributed by atoms with E-state index in [1.807, 2.05) is 6.92 Å². The fraction of sp³-hybridized carbons (Fsp3) is 0.429. The van der Waals surface area contributed by atoms with E-state index >= 15 is 0 Å². The third-order valence-corrected chi connectivity index (χ3v) is 5.54. The van der Waals surface area contributed by atoms with Crippen molar-refractivity contribution in [3.63, 3.8) is 0 Å². The lowest BCUT2D eigenvalue weighted by atomic mass is 9.96. The molecule has 112 valence electrons. The van der Waals surface area contributed by atoms with Crippen LogP contribution >= 0.6 is 0 Å². The van der Waals surface area contributed by atoms with Crippen molar-refractivity contribution in [3.8, 4) is 6.07 Å². The zero-order valence-corrected chi connectivity index (χ0v) is 12.4. The summed E-state index contributed by atoms with van der Waals surface area (Å²) < 4.78 is 39.6. The van der Waals surface area contributed by atoms with Crippen LogP contribution in [0.1, 0.15) is 25.3 Å². The minimum atomic E-state index is -3.81. The molecule has 0 amide bonds. The molecule has 1 unspecified atom stereocenters. The van der Waals surface area contributed by atoms with Crippen molar-refractivity contribution in [1.82, 2.24) is 4.31 Å². The maximum atomic E-state index is 13.3. The summed E-state index contributed by atoms with van der Waals surface area (Å²) >= 11 is 0. The second-order valence-electron chi connectivity index (χ2n) is 4.94. The topological polar surface area (TPSA) is 78.2 Å². The standard InChI is InChI=1S/C14H15FN2O3S/c1-2-10-9-17(6-5-14(10)18)21(19,20)12-3-4-13(15)11(7-12)8-16/h3-4,7,10H,2,5-6,9H2,1H3. The summed E-state index contributed by atoms with van der Waals surface area (Å²) in [5.41, 5.74) is -0.309. The van der Waals surface area contributed by atoms with Gasteiger partial charge in [0, 0.05) is 25.4 Å². The zero-order valence-electron chi connectivity index (χ0n) is 11.5. The van der Waals surface area contributed by atoms with Gasteiger partial charge in [0.1, 0.15) is 17.7 Å². The number of carbonyl (C=O) groups excluding carboxylic acids is 1. The lowest BCUT2D eigenvalue weighted by molar-refractivity contribution is -0.125. The van der Waals surface area contributed by atoms with Crippen LogP contribution in [0.15, 0.2) is 23.1 Å². The van der Waals surface area contributed by atoms with Gasteiger partial charge < -0.3 is 0 Å². The van der Waals surface area contributed by atoms with Gasteiger partial charge >= 0.3 is 0 Å². The maximum Gasteiger partial charge on any atom is 0.243 e. The van der Waals surface area contributed by atoms with Gasteiger partial charge in [-0.15, -0.1) is 0 Å². The van der Waals surface area contributed by atoms with Gasteiger partial charge in [0.05, 0.1) is 10.5 Å². The summed E-state index contributed by atoms with van der Waals surface area (Å²) in [5, 5.41) is 8.79. The Morgan fingerprint density at radius 3 is 2.81 bits per heavy atom. The molecule has 0 N–H and O–H groups in total. The molecule has 0 spiro atoms. The van der Waals surface area contributed by atoms with E-state index in [9.17, 15) is 17.6 Å². The molecule has 1 saturated heterocycles. The van der Waals surface area contributed by atoms with E-state index in [1.165, 1.54) is 4.31 Å². The Bertz CT molecular complexity index is 709. The molecule has 0 radical (unpaired) electrons. The molecule has 1 fully saturated rings. The van der Waals surface area contributed by atoms with Crippen LogP contribution in [0.5, 0.6) is 0 Å². The van der Waals surface area contributed by atoms with Crippen molar-refractivity contribution >= 4 is 15.8 Å². The third-order valence-electron chi connectivity index (χ3n) is 3.68. The average Bonchev–Trinajstić information content (AvgIpc) is 2.47. The highest BCUT2D eigenvalue weighted by atomic mass is 32.2. The van der Waals surface area contributed by atoms with Crippen molar-refractivity contribution in [1.29, 1.82) is 5.26 Å². The summed E-state index contributed by atoms with van der Waals surface area (Å²) in [6.07, 6.45) is 0.766. The zero-order chi connectivity index (χ0) is 15.6. The summed E-state index contributed by atoms with van der Waals surface area (Å²) in [7, 11) is -3.81. The highest BCUT2D eigenvalue weighted by molar-refractivity contribution is 7.89. The second kappa shape index (κ2) is 5.92. The highest BCUT2D eigenvalue weighted by Crippen LogP contribution is 2.24. The average molecular weight is 310 g/mol. The number of hydrogen-bond acceptors (Lipinski definition) is 4. The van der Waals surface area contributed by atoms with Crippen molar-refractivity contribution in [2.75, 3.05) is 13.1 Å². The van der Waals surface area contributed by atoms with Crippen molar-refractivity contribution in [2.24, 2.45) is 5.92 Å². The van der Waals surface area contributed by atoms with Gasteiger partial charge in [-0.3, -0.25) is 4.79 Å². The second-order valence-corrected chi connectivity index (χ2v) is 6.88. The first kappa shape index (κ1) is 15.6. The number of nitrogens with zero attached hydrogens (tertiary/aromatic N) is 2. The number of benzene rings is 1. The van der Waals surface area contributed by atoms with Gasteiger partial charge in [0.15, 0.2) is 0 Å². The Hall–Kier alpha value is -1.78. The molecule has 7 heteroatoms. The fourth-order valence-electron chi connectivity index (χ4n) is 2.35. The van der Waals surface area contributed by atoms with Crippen LogP contribution in [0.3, 0.4) is 0 Å². The molecular formula is C14H15FN2O3S. The van der Waals surface area contributed by atoms with Crippen LogP contribution in [0, 0.1) is 23.1 Å². The minimum absolute atomic E-state index is 0.0702. The lowest BCUT2D eigenvalue weighted by Crippen LogP contribution is -2.43. The predicted octanol–water partition coefficient (Wildman–Crippen LogP) is 1.69. The molecule has 0 aliphatic carbocycles. The van der Waals surface area contributed by atoms with Gasteiger partial charge in [-0.05, 0) is 24.6 Å². The van der Waals surface area contributed by atoms with Crippen LogP contribution in [0.2, 0.25) is 0 Å². The number of ketones is 1. The number of rotatable bonds is 3. The first-order valence-electron chi connectivity index (χ1n) is 6.62. The molecule has 1 atom stereocenters. The van der Waals surface area contributed by atoms with Crippen LogP contribution in [0.4, 0.5) is 4.39 Å². The third kappa shape index (κ3) is 2.96. The number of sulfonamides is 1. The van der Waals surface area contributed by atoms with E-state index in [4.69, 9.17) is 5.26 Å². The quantitative estimate of drug-likeness (QED) is 0.851. The highest BCUT2D eigenvalue weighted by Gasteiger charge is 2.33. The molecule has 0 saturated carbocycles. The molecule has 1 aliphatic heterocycles. The maximum absolute atomic E-state index is 13.3. The van der Waals surface area contributed by atoms with Crippen LogP contribution < -0.4 is 0 Å². The van der Waals surface area contributed by atoms with Crippen LogP contribution in [-0.2, 0) is 14.8 Å². The van der Waals surface area contributed by atoms with Crippen molar-refractivity contribution in [3.05, 3.63) is 29.6 Å². The lowest BCUT2D eigenvalue weighted by Gasteiger charge is -2.30. The van der Waals surface area contributed by atoms with Gasteiger partial charge in [0.25, 0.3) is 0 Å². The number of Topliss-reactive ketones (excluding diaryl/α,β-unsaturated/α-hetero) is 1. The van der Waals surface area contributed by atoms with E-state index in [2.05, 4.69) is 0 Å². The van der Waals surface area contributed by atoms with Gasteiger partial charge in [-0.1, -0.05) is 6.92 Å². The summed E-state index contributed by atoms with van der Waals surface area (Å²) in [6, 6.07) is 4.77. The number of nitriles is 1. The van der Waals surface area contributed by atoms with E-state index < -0.39 is 15.8 Å². The molecule has 2 rings (SSSR count). The molecular weight excluding hydrogens is 295 g/mol. The smallest absolute Gasteiger partial charge is 0.243 e. The molecule has 5 nitrogen and oxygen atoms in total. The van der Waals surface area contributed by atoms with Gasteiger partial charge in [0.2, 0.25) is 10.0 Å². The summed E-state index contributed by atoms with van der Waals surface area (Å²) in [5.74, 6) is -0.984. The van der Waals surface area contributed by atoms with Crippen molar-refractivity contribution < 1.29 is 17.6 Å².